The van der Waals surface area contributed by atoms with Crippen LogP contribution in [0.3, 0.4) is 0 Å². The summed E-state index contributed by atoms with van der Waals surface area (Å²) >= 11 is 5.79. The summed E-state index contributed by atoms with van der Waals surface area (Å²) in [5.41, 5.74) is 4.91. The van der Waals surface area contributed by atoms with Gasteiger partial charge in [0.05, 0.1) is 19.2 Å². The Balaban J connectivity index is 1.94. The first-order valence-electron chi connectivity index (χ1n) is 7.92. The monoisotopic (exact) mass is 373 g/mol. The fourth-order valence-corrected chi connectivity index (χ4v) is 2.32. The van der Waals surface area contributed by atoms with Crippen molar-refractivity contribution in [2.24, 2.45) is 5.10 Å². The van der Waals surface area contributed by atoms with Crippen LogP contribution in [0.15, 0.2) is 47.6 Å². The average Bonchev–Trinajstić information content (AvgIpc) is 2.60. The van der Waals surface area contributed by atoms with Gasteiger partial charge in [-0.2, -0.15) is 5.10 Å². The number of carbonyl (C=O) groups excluding carboxylic acids is 2. The highest BCUT2D eigenvalue weighted by Crippen LogP contribution is 2.25. The second-order valence-electron chi connectivity index (χ2n) is 5.72. The number of amides is 2. The smallest absolute Gasteiger partial charge is 0.271 e. The van der Waals surface area contributed by atoms with Gasteiger partial charge in [0.1, 0.15) is 5.75 Å². The lowest BCUT2D eigenvalue weighted by molar-refractivity contribution is -0.115. The number of nitrogens with zero attached hydrogens (tertiary/aromatic N) is 1. The Kier molecular flexibility index (Phi) is 6.74. The molecule has 7 heteroatoms. The van der Waals surface area contributed by atoms with E-state index < -0.39 is 0 Å². The zero-order valence-electron chi connectivity index (χ0n) is 14.8. The molecule has 0 saturated heterocycles. The summed E-state index contributed by atoms with van der Waals surface area (Å²) < 4.78 is 5.23. The van der Waals surface area contributed by atoms with Gasteiger partial charge in [0.15, 0.2) is 0 Å². The lowest BCUT2D eigenvalue weighted by atomic mass is 10.2. The first-order chi connectivity index (χ1) is 12.4. The van der Waals surface area contributed by atoms with Crippen molar-refractivity contribution in [1.82, 2.24) is 5.43 Å². The maximum absolute atomic E-state index is 12.2. The van der Waals surface area contributed by atoms with Crippen LogP contribution >= 0.6 is 11.6 Å². The SMILES string of the molecule is COc1ccc(C)cc1NC(=O)C/C(C)=N\NC(=O)c1ccc(Cl)cc1. The number of hydrogen-bond acceptors (Lipinski definition) is 4. The third-order valence-corrected chi connectivity index (χ3v) is 3.75. The number of halogens is 1. The molecule has 0 saturated carbocycles. The van der Waals surface area contributed by atoms with Gasteiger partial charge >= 0.3 is 0 Å². The molecule has 0 aliphatic rings. The molecule has 0 fully saturated rings. The molecule has 26 heavy (non-hydrogen) atoms. The predicted molar refractivity (Wildman–Crippen MR) is 103 cm³/mol. The Morgan fingerprint density at radius 3 is 2.50 bits per heavy atom. The molecule has 0 aromatic heterocycles. The van der Waals surface area contributed by atoms with Crippen LogP contribution in [0.1, 0.15) is 29.3 Å². The molecule has 0 bridgehead atoms. The molecule has 2 N–H and O–H groups in total. The minimum absolute atomic E-state index is 0.0397. The minimum atomic E-state index is -0.373. The molecule has 2 aromatic rings. The number of hydrazone groups is 1. The minimum Gasteiger partial charge on any atom is -0.495 e. The zero-order chi connectivity index (χ0) is 19.1. The number of aryl methyl sites for hydroxylation is 1. The Hall–Kier alpha value is -2.86. The van der Waals surface area contributed by atoms with Crippen LogP contribution in [-0.4, -0.2) is 24.6 Å². The summed E-state index contributed by atoms with van der Waals surface area (Å²) in [6.07, 6.45) is 0.0397. The second-order valence-corrected chi connectivity index (χ2v) is 6.16. The Morgan fingerprint density at radius 2 is 1.85 bits per heavy atom. The molecule has 2 aromatic carbocycles. The Bertz CT molecular complexity index is 832. The highest BCUT2D eigenvalue weighted by Gasteiger charge is 2.10. The molecular formula is C19H20ClN3O3. The van der Waals surface area contributed by atoms with Gasteiger partial charge in [0.25, 0.3) is 5.91 Å². The van der Waals surface area contributed by atoms with E-state index in [-0.39, 0.29) is 18.2 Å². The normalized spacial score (nSPS) is 11.0. The van der Waals surface area contributed by atoms with Crippen molar-refractivity contribution in [3.8, 4) is 5.75 Å². The highest BCUT2D eigenvalue weighted by molar-refractivity contribution is 6.30. The van der Waals surface area contributed by atoms with E-state index in [9.17, 15) is 9.59 Å². The summed E-state index contributed by atoms with van der Waals surface area (Å²) in [5.74, 6) is -0.0488. The molecule has 0 unspecified atom stereocenters. The number of rotatable bonds is 6. The van der Waals surface area contributed by atoms with Crippen molar-refractivity contribution in [3.05, 3.63) is 58.6 Å². The second kappa shape index (κ2) is 9.01. The first-order valence-corrected chi connectivity index (χ1v) is 8.30. The van der Waals surface area contributed by atoms with E-state index in [4.69, 9.17) is 16.3 Å². The lowest BCUT2D eigenvalue weighted by Crippen LogP contribution is -2.21. The third kappa shape index (κ3) is 5.60. The van der Waals surface area contributed by atoms with Gasteiger partial charge in [-0.15, -0.1) is 0 Å². The van der Waals surface area contributed by atoms with E-state index in [1.165, 1.54) is 0 Å². The summed E-state index contributed by atoms with van der Waals surface area (Å²) in [5, 5.41) is 7.29. The van der Waals surface area contributed by atoms with Crippen LogP contribution in [0, 0.1) is 6.92 Å². The standard InChI is InChI=1S/C19H20ClN3O3/c1-12-4-9-17(26-3)16(10-12)21-18(24)11-13(2)22-23-19(25)14-5-7-15(20)8-6-14/h4-10H,11H2,1-3H3,(H,21,24)(H,23,25)/b22-13-. The van der Waals surface area contributed by atoms with Gasteiger partial charge in [0.2, 0.25) is 5.91 Å². The maximum Gasteiger partial charge on any atom is 0.271 e. The molecule has 0 spiro atoms. The average molecular weight is 374 g/mol. The molecule has 6 nitrogen and oxygen atoms in total. The molecule has 136 valence electrons. The van der Waals surface area contributed by atoms with Gasteiger partial charge in [-0.25, -0.2) is 5.43 Å². The molecular weight excluding hydrogens is 354 g/mol. The summed E-state index contributed by atoms with van der Waals surface area (Å²) in [6, 6.07) is 11.9. The molecule has 0 radical (unpaired) electrons. The lowest BCUT2D eigenvalue weighted by Gasteiger charge is -2.11. The largest absolute Gasteiger partial charge is 0.495 e. The number of hydrogen-bond donors (Lipinski definition) is 2. The van der Waals surface area contributed by atoms with E-state index in [1.807, 2.05) is 19.1 Å². The quantitative estimate of drug-likeness (QED) is 0.597. The number of nitrogens with one attached hydrogen (secondary N) is 2. The van der Waals surface area contributed by atoms with Crippen LogP contribution < -0.4 is 15.5 Å². The van der Waals surface area contributed by atoms with Crippen LogP contribution in [0.25, 0.3) is 0 Å². The van der Waals surface area contributed by atoms with Crippen molar-refractivity contribution in [1.29, 1.82) is 0 Å². The van der Waals surface area contributed by atoms with Gasteiger partial charge in [0, 0.05) is 16.3 Å². The fourth-order valence-electron chi connectivity index (χ4n) is 2.20. The molecule has 0 aliphatic carbocycles. The topological polar surface area (TPSA) is 79.8 Å². The molecule has 0 heterocycles. The van der Waals surface area contributed by atoms with Crippen LogP contribution in [0.5, 0.6) is 5.75 Å². The first kappa shape index (κ1) is 19.5. The van der Waals surface area contributed by atoms with E-state index in [0.717, 1.165) is 5.56 Å². The third-order valence-electron chi connectivity index (χ3n) is 3.50. The number of anilines is 1. The summed E-state index contributed by atoms with van der Waals surface area (Å²) in [6.45, 7) is 3.59. The number of ether oxygens (including phenoxy) is 1. The van der Waals surface area contributed by atoms with Crippen molar-refractivity contribution in [3.63, 3.8) is 0 Å². The maximum atomic E-state index is 12.2. The summed E-state index contributed by atoms with van der Waals surface area (Å²) in [7, 11) is 1.54. The Labute approximate surface area is 157 Å². The van der Waals surface area contributed by atoms with Gasteiger partial charge in [-0.1, -0.05) is 17.7 Å². The van der Waals surface area contributed by atoms with Crippen molar-refractivity contribution in [2.45, 2.75) is 20.3 Å². The molecule has 0 aliphatic heterocycles. The number of carbonyl (C=O) groups is 2. The highest BCUT2D eigenvalue weighted by atomic mass is 35.5. The van der Waals surface area contributed by atoms with Crippen molar-refractivity contribution >= 4 is 34.8 Å². The van der Waals surface area contributed by atoms with Crippen molar-refractivity contribution < 1.29 is 14.3 Å². The fraction of sp³-hybridized carbons (Fsp3) is 0.211. The van der Waals surface area contributed by atoms with Gasteiger partial charge in [-0.05, 0) is 55.8 Å². The zero-order valence-corrected chi connectivity index (χ0v) is 15.6. The molecule has 2 amide bonds. The Morgan fingerprint density at radius 1 is 1.15 bits per heavy atom. The van der Waals surface area contributed by atoms with E-state index in [0.29, 0.717) is 27.7 Å². The van der Waals surface area contributed by atoms with Crippen molar-refractivity contribution in [2.75, 3.05) is 12.4 Å². The van der Waals surface area contributed by atoms with E-state index >= 15 is 0 Å². The number of benzene rings is 2. The predicted octanol–water partition coefficient (Wildman–Crippen LogP) is 3.79. The van der Waals surface area contributed by atoms with Gasteiger partial charge < -0.3 is 10.1 Å². The van der Waals surface area contributed by atoms with Crippen LogP contribution in [0.2, 0.25) is 5.02 Å². The van der Waals surface area contributed by atoms with Gasteiger partial charge in [-0.3, -0.25) is 9.59 Å². The van der Waals surface area contributed by atoms with E-state index in [2.05, 4.69) is 15.8 Å². The number of methoxy groups -OCH3 is 1. The van der Waals surface area contributed by atoms with E-state index in [1.54, 1.807) is 44.4 Å². The van der Waals surface area contributed by atoms with Crippen LogP contribution in [-0.2, 0) is 4.79 Å². The summed E-state index contributed by atoms with van der Waals surface area (Å²) in [4.78, 5) is 24.2. The molecule has 0 atom stereocenters. The van der Waals surface area contributed by atoms with Crippen LogP contribution in [0.4, 0.5) is 5.69 Å². The molecule has 2 rings (SSSR count).